The number of carbonyl (C=O) groups excluding carboxylic acids is 1. The number of aromatic amines is 1. The van der Waals surface area contributed by atoms with Gasteiger partial charge >= 0.3 is 0 Å². The van der Waals surface area contributed by atoms with Gasteiger partial charge in [-0.1, -0.05) is 23.9 Å². The second-order valence-corrected chi connectivity index (χ2v) is 7.66. The summed E-state index contributed by atoms with van der Waals surface area (Å²) in [6, 6.07) is 11.1. The Kier molecular flexibility index (Phi) is 5.63. The molecule has 148 valence electrons. The van der Waals surface area contributed by atoms with Gasteiger partial charge in [-0.05, 0) is 24.3 Å². The van der Waals surface area contributed by atoms with Gasteiger partial charge in [0.25, 0.3) is 11.1 Å². The van der Waals surface area contributed by atoms with E-state index in [1.165, 1.54) is 30.0 Å². The maximum absolute atomic E-state index is 12.3. The molecule has 3 aromatic heterocycles. The summed E-state index contributed by atoms with van der Waals surface area (Å²) in [5, 5.41) is 11.0. The van der Waals surface area contributed by atoms with Crippen molar-refractivity contribution in [3.05, 3.63) is 53.7 Å². The average molecular weight is 428 g/mol. The van der Waals surface area contributed by atoms with E-state index >= 15 is 0 Å². The van der Waals surface area contributed by atoms with E-state index in [0.717, 1.165) is 11.4 Å². The lowest BCUT2D eigenvalue weighted by Crippen LogP contribution is -2.23. The molecule has 10 heteroatoms. The second kappa shape index (κ2) is 8.50. The Labute approximate surface area is 174 Å². The van der Waals surface area contributed by atoms with Crippen LogP contribution in [-0.4, -0.2) is 33.2 Å². The first-order valence-corrected chi connectivity index (χ1v) is 10.5. The first-order chi connectivity index (χ1) is 14.2. The van der Waals surface area contributed by atoms with E-state index in [4.69, 9.17) is 9.15 Å². The number of ether oxygens (including phenoxy) is 1. The largest absolute Gasteiger partial charge is 0.495 e. The van der Waals surface area contributed by atoms with Crippen molar-refractivity contribution in [3.63, 3.8) is 0 Å². The van der Waals surface area contributed by atoms with Gasteiger partial charge in [0.15, 0.2) is 5.13 Å². The van der Waals surface area contributed by atoms with Crippen molar-refractivity contribution in [2.45, 2.75) is 17.9 Å². The van der Waals surface area contributed by atoms with Crippen molar-refractivity contribution in [2.75, 3.05) is 12.0 Å². The topological polar surface area (TPSA) is 97.1 Å². The molecule has 1 aromatic carbocycles. The van der Waals surface area contributed by atoms with E-state index in [2.05, 4.69) is 20.2 Å². The minimum atomic E-state index is -0.143. The van der Waals surface area contributed by atoms with Crippen molar-refractivity contribution in [1.82, 2.24) is 20.2 Å². The van der Waals surface area contributed by atoms with Crippen LogP contribution < -0.4 is 9.64 Å². The predicted octanol–water partition coefficient (Wildman–Crippen LogP) is 4.51. The minimum absolute atomic E-state index is 0.143. The van der Waals surface area contributed by atoms with Gasteiger partial charge in [0, 0.05) is 24.3 Å². The third-order valence-corrected chi connectivity index (χ3v) is 5.68. The molecule has 0 saturated heterocycles. The Morgan fingerprint density at radius 2 is 2.14 bits per heavy atom. The molecule has 1 N–H and O–H groups in total. The second-order valence-electron chi connectivity index (χ2n) is 5.89. The van der Waals surface area contributed by atoms with Gasteiger partial charge in [-0.2, -0.15) is 0 Å². The van der Waals surface area contributed by atoms with E-state index < -0.39 is 0 Å². The molecule has 4 aromatic rings. The van der Waals surface area contributed by atoms with E-state index in [1.807, 2.05) is 41.8 Å². The normalized spacial score (nSPS) is 10.8. The van der Waals surface area contributed by atoms with Gasteiger partial charge in [-0.3, -0.25) is 9.69 Å². The molecule has 3 heterocycles. The van der Waals surface area contributed by atoms with Gasteiger partial charge in [-0.25, -0.2) is 4.98 Å². The Bertz CT molecular complexity index is 1110. The number of nitrogens with zero attached hydrogens (tertiary/aromatic N) is 4. The van der Waals surface area contributed by atoms with Crippen LogP contribution in [0.3, 0.4) is 0 Å². The van der Waals surface area contributed by atoms with Crippen molar-refractivity contribution >= 4 is 39.8 Å². The van der Waals surface area contributed by atoms with Crippen LogP contribution in [0, 0.1) is 0 Å². The van der Waals surface area contributed by atoms with Gasteiger partial charge in [0.05, 0.1) is 18.5 Å². The number of H-pyrrole nitrogens is 1. The summed E-state index contributed by atoms with van der Waals surface area (Å²) >= 11 is 2.78. The highest BCUT2D eigenvalue weighted by Crippen LogP contribution is 2.36. The molecule has 4 rings (SSSR count). The smallest absolute Gasteiger partial charge is 0.277 e. The SMILES string of the molecule is COc1ccccc1N(C(C)=O)c1nc(CSc2nnc(-c3ccc[nH]3)o2)cs1. The average Bonchev–Trinajstić information content (AvgIpc) is 3.48. The maximum atomic E-state index is 12.3. The zero-order valence-corrected chi connectivity index (χ0v) is 17.3. The Hall–Kier alpha value is -3.11. The lowest BCUT2D eigenvalue weighted by atomic mass is 10.2. The number of methoxy groups -OCH3 is 1. The summed E-state index contributed by atoms with van der Waals surface area (Å²) in [7, 11) is 1.58. The monoisotopic (exact) mass is 427 g/mol. The lowest BCUT2D eigenvalue weighted by molar-refractivity contribution is -0.115. The zero-order valence-electron chi connectivity index (χ0n) is 15.7. The molecular weight excluding hydrogens is 410 g/mol. The first-order valence-electron chi connectivity index (χ1n) is 8.64. The number of anilines is 2. The van der Waals surface area contributed by atoms with Crippen molar-refractivity contribution in [1.29, 1.82) is 0 Å². The summed E-state index contributed by atoms with van der Waals surface area (Å²) in [5.74, 6) is 1.45. The molecule has 0 spiro atoms. The van der Waals surface area contributed by atoms with E-state index in [1.54, 1.807) is 18.2 Å². The van der Waals surface area contributed by atoms with Crippen molar-refractivity contribution in [3.8, 4) is 17.3 Å². The molecule has 0 aliphatic heterocycles. The summed E-state index contributed by atoms with van der Waals surface area (Å²) in [4.78, 5) is 21.5. The summed E-state index contributed by atoms with van der Waals surface area (Å²) in [6.07, 6.45) is 1.80. The minimum Gasteiger partial charge on any atom is -0.495 e. The number of thioether (sulfide) groups is 1. The summed E-state index contributed by atoms with van der Waals surface area (Å²) in [5.41, 5.74) is 2.24. The van der Waals surface area contributed by atoms with Crippen LogP contribution in [0.5, 0.6) is 5.75 Å². The molecule has 0 bridgehead atoms. The van der Waals surface area contributed by atoms with Gasteiger partial charge < -0.3 is 14.1 Å². The van der Waals surface area contributed by atoms with Crippen LogP contribution >= 0.6 is 23.1 Å². The molecular formula is C19H17N5O3S2. The molecule has 0 fully saturated rings. The number of amides is 1. The number of aromatic nitrogens is 4. The van der Waals surface area contributed by atoms with Gasteiger partial charge in [0.1, 0.15) is 11.4 Å². The number of rotatable bonds is 7. The number of benzene rings is 1. The number of thiazole rings is 1. The van der Waals surface area contributed by atoms with E-state index in [0.29, 0.717) is 33.4 Å². The van der Waals surface area contributed by atoms with E-state index in [9.17, 15) is 4.79 Å². The van der Waals surface area contributed by atoms with Crippen LogP contribution in [0.25, 0.3) is 11.6 Å². The molecule has 1 amide bonds. The molecule has 0 radical (unpaired) electrons. The molecule has 0 saturated carbocycles. The Morgan fingerprint density at radius 1 is 1.28 bits per heavy atom. The molecule has 29 heavy (non-hydrogen) atoms. The van der Waals surface area contributed by atoms with Crippen molar-refractivity contribution < 1.29 is 13.9 Å². The molecule has 8 nitrogen and oxygen atoms in total. The highest BCUT2D eigenvalue weighted by atomic mass is 32.2. The Morgan fingerprint density at radius 3 is 2.90 bits per heavy atom. The van der Waals surface area contributed by atoms with Crippen LogP contribution in [0.15, 0.2) is 57.6 Å². The summed E-state index contributed by atoms with van der Waals surface area (Å²) < 4.78 is 11.0. The number of carbonyl (C=O) groups is 1. The molecule has 0 aliphatic rings. The number of hydrogen-bond acceptors (Lipinski definition) is 8. The molecule has 0 aliphatic carbocycles. The van der Waals surface area contributed by atoms with Gasteiger partial charge in [0.2, 0.25) is 5.91 Å². The number of para-hydroxylation sites is 2. The van der Waals surface area contributed by atoms with Crippen molar-refractivity contribution in [2.24, 2.45) is 0 Å². The third kappa shape index (κ3) is 4.17. The molecule has 0 unspecified atom stereocenters. The molecule has 0 atom stereocenters. The predicted molar refractivity (Wildman–Crippen MR) is 112 cm³/mol. The Balaban J connectivity index is 1.49. The number of hydrogen-bond donors (Lipinski definition) is 1. The number of nitrogens with one attached hydrogen (secondary N) is 1. The fourth-order valence-corrected chi connectivity index (χ4v) is 4.30. The van der Waals surface area contributed by atoms with Crippen LogP contribution in [-0.2, 0) is 10.5 Å². The van der Waals surface area contributed by atoms with E-state index in [-0.39, 0.29) is 5.91 Å². The fraction of sp³-hybridized carbons (Fsp3) is 0.158. The zero-order chi connectivity index (χ0) is 20.2. The van der Waals surface area contributed by atoms with Crippen LogP contribution in [0.2, 0.25) is 0 Å². The van der Waals surface area contributed by atoms with Gasteiger partial charge in [-0.15, -0.1) is 21.5 Å². The van der Waals surface area contributed by atoms with Crippen LogP contribution in [0.4, 0.5) is 10.8 Å². The summed E-state index contributed by atoms with van der Waals surface area (Å²) in [6.45, 7) is 1.50. The lowest BCUT2D eigenvalue weighted by Gasteiger charge is -2.20. The highest BCUT2D eigenvalue weighted by Gasteiger charge is 2.21. The first kappa shape index (κ1) is 19.2. The standard InChI is InChI=1S/C19H17N5O3S2/c1-12(25)24(15-7-3-4-8-16(15)26-2)18-21-13(10-28-18)11-29-19-23-22-17(27-19)14-6-5-9-20-14/h3-10,20H,11H2,1-2H3. The van der Waals surface area contributed by atoms with Crippen LogP contribution in [0.1, 0.15) is 12.6 Å². The maximum Gasteiger partial charge on any atom is 0.277 e. The fourth-order valence-electron chi connectivity index (χ4n) is 2.66. The quantitative estimate of drug-likeness (QED) is 0.434. The third-order valence-electron chi connectivity index (χ3n) is 3.95. The highest BCUT2D eigenvalue weighted by molar-refractivity contribution is 7.98.